The largest absolute Gasteiger partial charge is 0.323 e. The summed E-state index contributed by atoms with van der Waals surface area (Å²) in [6.45, 7) is 6.25. The third kappa shape index (κ3) is 2.05. The third-order valence-corrected chi connectivity index (χ3v) is 1.94. The Morgan fingerprint density at radius 1 is 1.25 bits per heavy atom. The minimum absolute atomic E-state index is 0.0335. The number of nitrogens with zero attached hydrogens (tertiary/aromatic N) is 1. The molecule has 1 rings (SSSR count). The van der Waals surface area contributed by atoms with Crippen molar-refractivity contribution in [2.75, 3.05) is 0 Å². The standard InChI is InChI=1S/C10H16N2/c1-7(2)9-4-5-10(8(3)11)12-6-9/h4-8H,11H2,1-3H3. The molecule has 0 fully saturated rings. The van der Waals surface area contributed by atoms with Crippen molar-refractivity contribution in [2.45, 2.75) is 32.7 Å². The highest BCUT2D eigenvalue weighted by atomic mass is 14.8. The van der Waals surface area contributed by atoms with Gasteiger partial charge in [-0.2, -0.15) is 0 Å². The molecule has 0 aromatic carbocycles. The molecule has 12 heavy (non-hydrogen) atoms. The van der Waals surface area contributed by atoms with E-state index in [1.54, 1.807) is 0 Å². The topological polar surface area (TPSA) is 38.9 Å². The van der Waals surface area contributed by atoms with Gasteiger partial charge in [0.05, 0.1) is 5.69 Å². The molecule has 0 saturated heterocycles. The fourth-order valence-electron chi connectivity index (χ4n) is 1.03. The Hall–Kier alpha value is -0.890. The monoisotopic (exact) mass is 164 g/mol. The van der Waals surface area contributed by atoms with Crippen LogP contribution in [0.15, 0.2) is 18.3 Å². The van der Waals surface area contributed by atoms with Crippen LogP contribution >= 0.6 is 0 Å². The van der Waals surface area contributed by atoms with Gasteiger partial charge in [-0.25, -0.2) is 0 Å². The molecule has 2 heteroatoms. The molecule has 1 aromatic rings. The van der Waals surface area contributed by atoms with Crippen molar-refractivity contribution in [3.8, 4) is 0 Å². The highest BCUT2D eigenvalue weighted by molar-refractivity contribution is 5.18. The molecule has 0 bridgehead atoms. The van der Waals surface area contributed by atoms with Crippen LogP contribution in [0.1, 0.15) is 44.0 Å². The lowest BCUT2D eigenvalue weighted by atomic mass is 10.1. The van der Waals surface area contributed by atoms with Gasteiger partial charge in [0, 0.05) is 12.2 Å². The number of pyridine rings is 1. The van der Waals surface area contributed by atoms with Crippen LogP contribution in [0.2, 0.25) is 0 Å². The second kappa shape index (κ2) is 3.68. The minimum Gasteiger partial charge on any atom is -0.323 e. The number of nitrogens with two attached hydrogens (primary N) is 1. The van der Waals surface area contributed by atoms with E-state index in [0.29, 0.717) is 5.92 Å². The van der Waals surface area contributed by atoms with Crippen molar-refractivity contribution in [3.05, 3.63) is 29.6 Å². The Kier molecular flexibility index (Phi) is 2.82. The summed E-state index contributed by atoms with van der Waals surface area (Å²) in [6.07, 6.45) is 1.91. The number of aromatic nitrogens is 1. The Morgan fingerprint density at radius 2 is 1.92 bits per heavy atom. The van der Waals surface area contributed by atoms with Crippen LogP contribution in [-0.2, 0) is 0 Å². The zero-order valence-electron chi connectivity index (χ0n) is 7.91. The van der Waals surface area contributed by atoms with E-state index in [9.17, 15) is 0 Å². The van der Waals surface area contributed by atoms with Crippen LogP contribution in [0.25, 0.3) is 0 Å². The van der Waals surface area contributed by atoms with E-state index in [2.05, 4.69) is 24.9 Å². The van der Waals surface area contributed by atoms with Crippen LogP contribution in [0.4, 0.5) is 0 Å². The first-order valence-corrected chi connectivity index (χ1v) is 4.32. The van der Waals surface area contributed by atoms with Gasteiger partial charge in [-0.1, -0.05) is 19.9 Å². The lowest BCUT2D eigenvalue weighted by Crippen LogP contribution is -2.07. The Morgan fingerprint density at radius 3 is 2.25 bits per heavy atom. The van der Waals surface area contributed by atoms with E-state index in [4.69, 9.17) is 5.73 Å². The predicted octanol–water partition coefficient (Wildman–Crippen LogP) is 2.22. The summed E-state index contributed by atoms with van der Waals surface area (Å²) in [5, 5.41) is 0. The molecule has 0 radical (unpaired) electrons. The first kappa shape index (κ1) is 9.20. The van der Waals surface area contributed by atoms with Crippen molar-refractivity contribution < 1.29 is 0 Å². The molecule has 0 aliphatic rings. The maximum absolute atomic E-state index is 5.68. The van der Waals surface area contributed by atoms with Crippen LogP contribution in [-0.4, -0.2) is 4.98 Å². The summed E-state index contributed by atoms with van der Waals surface area (Å²) in [7, 11) is 0. The normalized spacial score (nSPS) is 13.4. The first-order valence-electron chi connectivity index (χ1n) is 4.32. The van der Waals surface area contributed by atoms with Crippen molar-refractivity contribution in [2.24, 2.45) is 5.73 Å². The Labute approximate surface area is 73.8 Å². The van der Waals surface area contributed by atoms with Gasteiger partial charge in [-0.3, -0.25) is 4.98 Å². The second-order valence-corrected chi connectivity index (χ2v) is 3.46. The van der Waals surface area contributed by atoms with Crippen LogP contribution in [0, 0.1) is 0 Å². The third-order valence-electron chi connectivity index (χ3n) is 1.94. The van der Waals surface area contributed by atoms with Crippen molar-refractivity contribution in [1.82, 2.24) is 4.98 Å². The summed E-state index contributed by atoms with van der Waals surface area (Å²) in [4.78, 5) is 4.27. The first-order chi connectivity index (χ1) is 5.61. The van der Waals surface area contributed by atoms with E-state index < -0.39 is 0 Å². The fourth-order valence-corrected chi connectivity index (χ4v) is 1.03. The minimum atomic E-state index is 0.0335. The van der Waals surface area contributed by atoms with Crippen molar-refractivity contribution in [3.63, 3.8) is 0 Å². The molecule has 66 valence electrons. The van der Waals surface area contributed by atoms with E-state index in [-0.39, 0.29) is 6.04 Å². The van der Waals surface area contributed by atoms with Gasteiger partial charge >= 0.3 is 0 Å². The molecule has 2 N–H and O–H groups in total. The van der Waals surface area contributed by atoms with Crippen LogP contribution < -0.4 is 5.73 Å². The van der Waals surface area contributed by atoms with Crippen LogP contribution in [0.3, 0.4) is 0 Å². The van der Waals surface area contributed by atoms with Gasteiger partial charge < -0.3 is 5.73 Å². The summed E-state index contributed by atoms with van der Waals surface area (Å²) in [6, 6.07) is 4.13. The summed E-state index contributed by atoms with van der Waals surface area (Å²) >= 11 is 0. The number of hydrogen-bond donors (Lipinski definition) is 1. The molecule has 0 saturated carbocycles. The SMILES string of the molecule is CC(C)c1ccc(C(C)N)nc1. The Balaban J connectivity index is 2.86. The van der Waals surface area contributed by atoms with Gasteiger partial charge in [-0.05, 0) is 24.5 Å². The second-order valence-electron chi connectivity index (χ2n) is 3.46. The predicted molar refractivity (Wildman–Crippen MR) is 50.9 cm³/mol. The van der Waals surface area contributed by atoms with Crippen molar-refractivity contribution in [1.29, 1.82) is 0 Å². The van der Waals surface area contributed by atoms with Gasteiger partial charge in [-0.15, -0.1) is 0 Å². The summed E-state index contributed by atoms with van der Waals surface area (Å²) < 4.78 is 0. The molecule has 0 spiro atoms. The van der Waals surface area contributed by atoms with Crippen LogP contribution in [0.5, 0.6) is 0 Å². The van der Waals surface area contributed by atoms with Crippen molar-refractivity contribution >= 4 is 0 Å². The highest BCUT2D eigenvalue weighted by Gasteiger charge is 2.02. The van der Waals surface area contributed by atoms with Gasteiger partial charge in [0.25, 0.3) is 0 Å². The maximum Gasteiger partial charge on any atom is 0.0568 e. The molecule has 1 heterocycles. The molecule has 1 atom stereocenters. The quantitative estimate of drug-likeness (QED) is 0.728. The lowest BCUT2D eigenvalue weighted by Gasteiger charge is -2.07. The maximum atomic E-state index is 5.68. The van der Waals surface area contributed by atoms with E-state index in [1.165, 1.54) is 5.56 Å². The number of rotatable bonds is 2. The summed E-state index contributed by atoms with van der Waals surface area (Å²) in [5.74, 6) is 0.541. The zero-order chi connectivity index (χ0) is 9.14. The van der Waals surface area contributed by atoms with E-state index in [0.717, 1.165) is 5.69 Å². The number of hydrogen-bond acceptors (Lipinski definition) is 2. The molecule has 0 aliphatic carbocycles. The van der Waals surface area contributed by atoms with Gasteiger partial charge in [0.15, 0.2) is 0 Å². The van der Waals surface area contributed by atoms with E-state index >= 15 is 0 Å². The molecular formula is C10H16N2. The highest BCUT2D eigenvalue weighted by Crippen LogP contribution is 2.14. The Bertz CT molecular complexity index is 210. The average molecular weight is 164 g/mol. The molecule has 0 amide bonds. The fraction of sp³-hybridized carbons (Fsp3) is 0.500. The average Bonchev–Trinajstić information content (AvgIpc) is 2.04. The van der Waals surface area contributed by atoms with Gasteiger partial charge in [0.2, 0.25) is 0 Å². The molecule has 2 nitrogen and oxygen atoms in total. The summed E-state index contributed by atoms with van der Waals surface area (Å²) in [5.41, 5.74) is 7.90. The molecule has 1 unspecified atom stereocenters. The molecule has 0 aliphatic heterocycles. The smallest absolute Gasteiger partial charge is 0.0568 e. The lowest BCUT2D eigenvalue weighted by molar-refractivity contribution is 0.770. The van der Waals surface area contributed by atoms with E-state index in [1.807, 2.05) is 19.2 Å². The zero-order valence-corrected chi connectivity index (χ0v) is 7.91. The molecular weight excluding hydrogens is 148 g/mol. The molecule has 1 aromatic heterocycles. The van der Waals surface area contributed by atoms with Gasteiger partial charge in [0.1, 0.15) is 0 Å².